The van der Waals surface area contributed by atoms with Crippen LogP contribution in [0.25, 0.3) is 10.8 Å². The molecule has 22 heavy (non-hydrogen) atoms. The molecule has 0 radical (unpaired) electrons. The molecule has 3 rings (SSSR count). The molecule has 0 N–H and O–H groups in total. The smallest absolute Gasteiger partial charge is 0.174 e. The molecule has 2 aromatic carbocycles. The summed E-state index contributed by atoms with van der Waals surface area (Å²) in [6.07, 6.45) is 0. The molecule has 0 aliphatic heterocycles. The van der Waals surface area contributed by atoms with E-state index in [-0.39, 0.29) is 0 Å². The molecule has 0 saturated carbocycles. The van der Waals surface area contributed by atoms with Gasteiger partial charge in [-0.25, -0.2) is 4.98 Å². The fourth-order valence-corrected chi connectivity index (χ4v) is 2.48. The summed E-state index contributed by atoms with van der Waals surface area (Å²) in [5, 5.41) is 10.8. The van der Waals surface area contributed by atoms with Crippen LogP contribution in [0.2, 0.25) is 0 Å². The van der Waals surface area contributed by atoms with E-state index in [2.05, 4.69) is 15.2 Å². The number of pyridine rings is 1. The first kappa shape index (κ1) is 14.2. The second-order valence-electron chi connectivity index (χ2n) is 5.18. The van der Waals surface area contributed by atoms with Gasteiger partial charge in [0.1, 0.15) is 11.4 Å². The van der Waals surface area contributed by atoms with Gasteiger partial charge in [0.25, 0.3) is 0 Å². The number of fused-ring (bicyclic) bond motifs is 1. The molecule has 0 aliphatic rings. The zero-order chi connectivity index (χ0) is 15.5. The van der Waals surface area contributed by atoms with Crippen LogP contribution < -0.4 is 4.74 Å². The van der Waals surface area contributed by atoms with Crippen molar-refractivity contribution in [3.05, 3.63) is 59.8 Å². The molecule has 0 fully saturated rings. The van der Waals surface area contributed by atoms with Crippen molar-refractivity contribution < 1.29 is 4.74 Å². The second kappa shape index (κ2) is 5.93. The monoisotopic (exact) mass is 291 g/mol. The molecule has 0 unspecified atom stereocenters. The van der Waals surface area contributed by atoms with Crippen molar-refractivity contribution in [3.8, 4) is 5.75 Å². The van der Waals surface area contributed by atoms with E-state index in [1.807, 2.05) is 62.4 Å². The normalized spacial score (nSPS) is 11.2. The van der Waals surface area contributed by atoms with E-state index >= 15 is 0 Å². The molecule has 0 spiro atoms. The molecule has 4 heteroatoms. The Morgan fingerprint density at radius 3 is 2.55 bits per heavy atom. The Morgan fingerprint density at radius 2 is 1.77 bits per heavy atom. The Kier molecular flexibility index (Phi) is 3.83. The minimum Gasteiger partial charge on any atom is -0.494 e. The predicted octanol–water partition coefficient (Wildman–Crippen LogP) is 5.28. The molecule has 3 aromatic rings. The van der Waals surface area contributed by atoms with Crippen LogP contribution in [-0.4, -0.2) is 12.1 Å². The van der Waals surface area contributed by atoms with E-state index < -0.39 is 0 Å². The lowest BCUT2D eigenvalue weighted by Gasteiger charge is -2.07. The van der Waals surface area contributed by atoms with Crippen molar-refractivity contribution in [2.75, 3.05) is 7.11 Å². The standard InChI is InChI=1S/C18H17N3O/c1-12-10-13(2)19-17(11-12)20-21-18-15-7-5-4-6-14(15)8-9-16(18)22-3/h4-11H,1-3H3. The van der Waals surface area contributed by atoms with Gasteiger partial charge in [-0.05, 0) is 43.0 Å². The molecule has 0 saturated heterocycles. The molecule has 0 bridgehead atoms. The first-order chi connectivity index (χ1) is 10.7. The Labute approximate surface area is 129 Å². The van der Waals surface area contributed by atoms with Crippen LogP contribution in [0.1, 0.15) is 11.3 Å². The van der Waals surface area contributed by atoms with Crippen LogP contribution in [0.4, 0.5) is 11.5 Å². The van der Waals surface area contributed by atoms with E-state index in [1.165, 1.54) is 0 Å². The Bertz CT molecular complexity index is 836. The number of nitrogens with zero attached hydrogens (tertiary/aromatic N) is 3. The highest BCUT2D eigenvalue weighted by molar-refractivity contribution is 5.95. The maximum atomic E-state index is 5.42. The number of aromatic nitrogens is 1. The summed E-state index contributed by atoms with van der Waals surface area (Å²) in [6.45, 7) is 3.97. The summed E-state index contributed by atoms with van der Waals surface area (Å²) in [5.74, 6) is 1.30. The summed E-state index contributed by atoms with van der Waals surface area (Å²) in [5.41, 5.74) is 2.77. The van der Waals surface area contributed by atoms with Crippen LogP contribution in [-0.2, 0) is 0 Å². The quantitative estimate of drug-likeness (QED) is 0.617. The molecular formula is C18H17N3O. The molecule has 0 atom stereocenters. The maximum absolute atomic E-state index is 5.42. The van der Waals surface area contributed by atoms with E-state index in [0.717, 1.165) is 27.7 Å². The summed E-state index contributed by atoms with van der Waals surface area (Å²) in [7, 11) is 1.64. The summed E-state index contributed by atoms with van der Waals surface area (Å²) in [4.78, 5) is 4.38. The van der Waals surface area contributed by atoms with Gasteiger partial charge in [0.05, 0.1) is 7.11 Å². The predicted molar refractivity (Wildman–Crippen MR) is 88.4 cm³/mol. The zero-order valence-corrected chi connectivity index (χ0v) is 12.9. The van der Waals surface area contributed by atoms with Gasteiger partial charge in [-0.2, -0.15) is 0 Å². The lowest BCUT2D eigenvalue weighted by molar-refractivity contribution is 0.416. The van der Waals surface area contributed by atoms with Crippen molar-refractivity contribution in [1.29, 1.82) is 0 Å². The van der Waals surface area contributed by atoms with Gasteiger partial charge in [0.2, 0.25) is 0 Å². The van der Waals surface area contributed by atoms with Crippen LogP contribution >= 0.6 is 0 Å². The highest BCUT2D eigenvalue weighted by Crippen LogP contribution is 2.36. The largest absolute Gasteiger partial charge is 0.494 e. The fourth-order valence-electron chi connectivity index (χ4n) is 2.48. The van der Waals surface area contributed by atoms with Crippen LogP contribution in [0.5, 0.6) is 5.75 Å². The van der Waals surface area contributed by atoms with Gasteiger partial charge in [-0.3, -0.25) is 0 Å². The number of hydrogen-bond donors (Lipinski definition) is 0. The highest BCUT2D eigenvalue weighted by Gasteiger charge is 2.07. The minimum atomic E-state index is 0.604. The van der Waals surface area contributed by atoms with Crippen molar-refractivity contribution in [3.63, 3.8) is 0 Å². The van der Waals surface area contributed by atoms with Gasteiger partial charge in [-0.15, -0.1) is 10.2 Å². The van der Waals surface area contributed by atoms with Gasteiger partial charge in [-0.1, -0.05) is 30.3 Å². The number of benzene rings is 2. The third-order valence-electron chi connectivity index (χ3n) is 3.42. The molecule has 0 aliphatic carbocycles. The second-order valence-corrected chi connectivity index (χ2v) is 5.18. The van der Waals surface area contributed by atoms with Gasteiger partial charge < -0.3 is 4.74 Å². The zero-order valence-electron chi connectivity index (χ0n) is 12.9. The summed E-state index contributed by atoms with van der Waals surface area (Å²) in [6, 6.07) is 15.9. The highest BCUT2D eigenvalue weighted by atomic mass is 16.5. The number of ether oxygens (including phenoxy) is 1. The number of methoxy groups -OCH3 is 1. The Balaban J connectivity index is 2.11. The van der Waals surface area contributed by atoms with Crippen molar-refractivity contribution in [2.24, 2.45) is 10.2 Å². The number of azo groups is 1. The van der Waals surface area contributed by atoms with Crippen molar-refractivity contribution in [2.45, 2.75) is 13.8 Å². The van der Waals surface area contributed by atoms with Crippen molar-refractivity contribution >= 4 is 22.3 Å². The van der Waals surface area contributed by atoms with Crippen LogP contribution in [0.3, 0.4) is 0 Å². The lowest BCUT2D eigenvalue weighted by Crippen LogP contribution is -1.85. The molecule has 1 aromatic heterocycles. The fraction of sp³-hybridized carbons (Fsp3) is 0.167. The molecule has 110 valence electrons. The third kappa shape index (κ3) is 2.81. The first-order valence-electron chi connectivity index (χ1n) is 7.10. The average molecular weight is 291 g/mol. The van der Waals surface area contributed by atoms with E-state index in [4.69, 9.17) is 4.74 Å². The number of aryl methyl sites for hydroxylation is 2. The van der Waals surface area contributed by atoms with E-state index in [0.29, 0.717) is 11.6 Å². The minimum absolute atomic E-state index is 0.604. The summed E-state index contributed by atoms with van der Waals surface area (Å²) < 4.78 is 5.42. The maximum Gasteiger partial charge on any atom is 0.174 e. The molecule has 4 nitrogen and oxygen atoms in total. The van der Waals surface area contributed by atoms with Gasteiger partial charge in [0, 0.05) is 11.1 Å². The third-order valence-corrected chi connectivity index (χ3v) is 3.42. The first-order valence-corrected chi connectivity index (χ1v) is 7.10. The van der Waals surface area contributed by atoms with Crippen molar-refractivity contribution in [1.82, 2.24) is 4.98 Å². The Hall–Kier alpha value is -2.75. The topological polar surface area (TPSA) is 46.8 Å². The van der Waals surface area contributed by atoms with Crippen LogP contribution in [0.15, 0.2) is 58.8 Å². The number of hydrogen-bond acceptors (Lipinski definition) is 4. The van der Waals surface area contributed by atoms with Gasteiger partial charge in [0.15, 0.2) is 5.82 Å². The molecular weight excluding hydrogens is 274 g/mol. The Morgan fingerprint density at radius 1 is 0.955 bits per heavy atom. The average Bonchev–Trinajstić information content (AvgIpc) is 2.51. The lowest BCUT2D eigenvalue weighted by atomic mass is 10.1. The van der Waals surface area contributed by atoms with Crippen LogP contribution in [0, 0.1) is 13.8 Å². The number of rotatable bonds is 3. The molecule has 0 amide bonds. The SMILES string of the molecule is COc1ccc2ccccc2c1N=Nc1cc(C)cc(C)n1. The summed E-state index contributed by atoms with van der Waals surface area (Å²) >= 11 is 0. The van der Waals surface area contributed by atoms with E-state index in [1.54, 1.807) is 7.11 Å². The van der Waals surface area contributed by atoms with E-state index in [9.17, 15) is 0 Å². The van der Waals surface area contributed by atoms with Gasteiger partial charge >= 0.3 is 0 Å². The molecule has 1 heterocycles.